The van der Waals surface area contributed by atoms with Crippen LogP contribution in [0.15, 0.2) is 54.6 Å². The second-order valence-corrected chi connectivity index (χ2v) is 10.7. The van der Waals surface area contributed by atoms with Gasteiger partial charge in [0.15, 0.2) is 0 Å². The van der Waals surface area contributed by atoms with Gasteiger partial charge in [-0.15, -0.1) is 0 Å². The van der Waals surface area contributed by atoms with E-state index >= 15 is 0 Å². The molecule has 8 heteroatoms. The Kier molecular flexibility index (Phi) is 6.98. The first-order valence-electron chi connectivity index (χ1n) is 13.5. The summed E-state index contributed by atoms with van der Waals surface area (Å²) < 4.78 is 6.83. The molecule has 4 aliphatic rings. The highest BCUT2D eigenvalue weighted by Gasteiger charge is 2.74. The summed E-state index contributed by atoms with van der Waals surface area (Å²) in [6.07, 6.45) is 10.6. The number of nitrogens with zero attached hydrogens (tertiary/aromatic N) is 3. The molecular formula is C29H37N3O5. The smallest absolute Gasteiger partial charge is 0.249 e. The third-order valence-electron chi connectivity index (χ3n) is 8.30. The van der Waals surface area contributed by atoms with E-state index in [1.165, 1.54) is 0 Å². The molecule has 2 saturated heterocycles. The number of aliphatic hydroxyl groups is 1. The lowest BCUT2D eigenvalue weighted by atomic mass is 9.74. The van der Waals surface area contributed by atoms with E-state index in [1.807, 2.05) is 66.5 Å². The predicted octanol–water partition coefficient (Wildman–Crippen LogP) is 2.53. The monoisotopic (exact) mass is 507 g/mol. The zero-order chi connectivity index (χ0) is 26.2. The fourth-order valence-corrected chi connectivity index (χ4v) is 6.59. The molecule has 0 bridgehead atoms. The number of likely N-dealkylation sites (tertiary alicyclic amines) is 1. The summed E-state index contributed by atoms with van der Waals surface area (Å²) in [5, 5.41) is 9.35. The Balaban J connectivity index is 1.59. The van der Waals surface area contributed by atoms with Crippen molar-refractivity contribution >= 4 is 23.4 Å². The molecule has 0 radical (unpaired) electrons. The number of unbranched alkanes of at least 4 members (excludes halogenated alkanes) is 2. The first-order valence-corrected chi connectivity index (χ1v) is 13.5. The minimum Gasteiger partial charge on any atom is -0.396 e. The average molecular weight is 508 g/mol. The van der Waals surface area contributed by atoms with Crippen LogP contribution >= 0.6 is 0 Å². The van der Waals surface area contributed by atoms with Gasteiger partial charge in [-0.2, -0.15) is 0 Å². The largest absolute Gasteiger partial charge is 0.396 e. The standard InChI is InChI=1S/C29H37N3O5/c1-3-4-16-30-17-11-15-29-23(26(35)32(18-8-9-20-33)24(29)27(30)36)22-25(34)31(21-12-6-5-7-13-21)19-10-14-28(22,2)37-29/h5-7,10-15,22-24,33H,3-4,8-9,16-20H2,1-2H3/t22-,23-,24?,28+,29-/m0/s1. The van der Waals surface area contributed by atoms with Crippen LogP contribution < -0.4 is 4.90 Å². The van der Waals surface area contributed by atoms with E-state index in [4.69, 9.17) is 4.74 Å². The van der Waals surface area contributed by atoms with Crippen LogP contribution in [0.1, 0.15) is 39.5 Å². The number of amides is 3. The molecule has 8 nitrogen and oxygen atoms in total. The Labute approximate surface area is 218 Å². The van der Waals surface area contributed by atoms with Crippen LogP contribution in [0.5, 0.6) is 0 Å². The van der Waals surface area contributed by atoms with Crippen LogP contribution in [-0.2, 0) is 19.1 Å². The van der Waals surface area contributed by atoms with Gasteiger partial charge in [-0.3, -0.25) is 14.4 Å². The summed E-state index contributed by atoms with van der Waals surface area (Å²) in [6, 6.07) is 8.62. The molecule has 4 aliphatic heterocycles. The maximum absolute atomic E-state index is 14.2. The van der Waals surface area contributed by atoms with Crippen LogP contribution in [0.4, 0.5) is 5.69 Å². The molecular weight excluding hydrogens is 470 g/mol. The summed E-state index contributed by atoms with van der Waals surface area (Å²) in [4.78, 5) is 47.6. The number of carbonyl (C=O) groups is 3. The number of ether oxygens (including phenoxy) is 1. The Bertz CT molecular complexity index is 1100. The Morgan fingerprint density at radius 2 is 1.68 bits per heavy atom. The van der Waals surface area contributed by atoms with Crippen molar-refractivity contribution in [2.24, 2.45) is 11.8 Å². The molecule has 2 fully saturated rings. The predicted molar refractivity (Wildman–Crippen MR) is 140 cm³/mol. The summed E-state index contributed by atoms with van der Waals surface area (Å²) in [5.74, 6) is -2.11. The fraction of sp³-hybridized carbons (Fsp3) is 0.552. The molecule has 0 saturated carbocycles. The summed E-state index contributed by atoms with van der Waals surface area (Å²) >= 11 is 0. The highest BCUT2D eigenvalue weighted by Crippen LogP contribution is 2.57. The topological polar surface area (TPSA) is 90.4 Å². The zero-order valence-corrected chi connectivity index (χ0v) is 21.7. The first-order chi connectivity index (χ1) is 17.9. The van der Waals surface area contributed by atoms with Crippen molar-refractivity contribution in [1.29, 1.82) is 0 Å². The minimum atomic E-state index is -1.23. The Morgan fingerprint density at radius 1 is 0.919 bits per heavy atom. The van der Waals surface area contributed by atoms with Crippen molar-refractivity contribution in [2.75, 3.05) is 37.7 Å². The first kappa shape index (κ1) is 25.7. The molecule has 1 aromatic rings. The molecule has 1 spiro atoms. The van der Waals surface area contributed by atoms with Crippen LogP contribution in [0, 0.1) is 11.8 Å². The van der Waals surface area contributed by atoms with E-state index in [2.05, 4.69) is 6.92 Å². The number of carbonyl (C=O) groups excluding carboxylic acids is 3. The normalized spacial score (nSPS) is 32.9. The lowest BCUT2D eigenvalue weighted by molar-refractivity contribution is -0.151. The number of para-hydroxylation sites is 1. The molecule has 0 aromatic heterocycles. The Morgan fingerprint density at radius 3 is 2.41 bits per heavy atom. The molecule has 0 aliphatic carbocycles. The van der Waals surface area contributed by atoms with Crippen LogP contribution in [-0.4, -0.2) is 82.7 Å². The lowest BCUT2D eigenvalue weighted by Gasteiger charge is -2.37. The summed E-state index contributed by atoms with van der Waals surface area (Å²) in [7, 11) is 0. The van der Waals surface area contributed by atoms with Crippen molar-refractivity contribution in [1.82, 2.24) is 9.80 Å². The molecule has 5 atom stereocenters. The third kappa shape index (κ3) is 4.10. The number of benzene rings is 1. The van der Waals surface area contributed by atoms with E-state index < -0.39 is 29.1 Å². The van der Waals surface area contributed by atoms with E-state index in [-0.39, 0.29) is 24.3 Å². The number of anilines is 1. The van der Waals surface area contributed by atoms with Crippen molar-refractivity contribution in [3.63, 3.8) is 0 Å². The van der Waals surface area contributed by atoms with Gasteiger partial charge >= 0.3 is 0 Å². The van der Waals surface area contributed by atoms with Crippen molar-refractivity contribution in [3.05, 3.63) is 54.6 Å². The molecule has 1 unspecified atom stereocenters. The second kappa shape index (κ2) is 10.1. The summed E-state index contributed by atoms with van der Waals surface area (Å²) in [5.41, 5.74) is -1.49. The molecule has 1 N–H and O–H groups in total. The van der Waals surface area contributed by atoms with Gasteiger partial charge in [0.2, 0.25) is 17.7 Å². The highest BCUT2D eigenvalue weighted by atomic mass is 16.5. The number of hydrogen-bond acceptors (Lipinski definition) is 5. The number of rotatable bonds is 8. The average Bonchev–Trinajstić information content (AvgIpc) is 3.15. The van der Waals surface area contributed by atoms with Gasteiger partial charge in [0.05, 0.1) is 17.4 Å². The minimum absolute atomic E-state index is 0.0181. The van der Waals surface area contributed by atoms with E-state index in [1.54, 1.807) is 9.80 Å². The van der Waals surface area contributed by atoms with Gasteiger partial charge in [-0.05, 0) is 38.3 Å². The molecule has 5 rings (SSSR count). The molecule has 37 heavy (non-hydrogen) atoms. The van der Waals surface area contributed by atoms with Gasteiger partial charge in [-0.1, -0.05) is 55.8 Å². The van der Waals surface area contributed by atoms with Crippen molar-refractivity contribution < 1.29 is 24.2 Å². The summed E-state index contributed by atoms with van der Waals surface area (Å²) in [6.45, 7) is 5.75. The molecule has 3 amide bonds. The zero-order valence-electron chi connectivity index (χ0n) is 21.7. The quantitative estimate of drug-likeness (QED) is 0.431. The molecule has 198 valence electrons. The Hall–Kier alpha value is -2.97. The van der Waals surface area contributed by atoms with E-state index in [0.717, 1.165) is 18.5 Å². The van der Waals surface area contributed by atoms with Crippen LogP contribution in [0.2, 0.25) is 0 Å². The second-order valence-electron chi connectivity index (χ2n) is 10.7. The van der Waals surface area contributed by atoms with Gasteiger partial charge < -0.3 is 24.5 Å². The van der Waals surface area contributed by atoms with Crippen LogP contribution in [0.3, 0.4) is 0 Å². The van der Waals surface area contributed by atoms with Gasteiger partial charge in [-0.25, -0.2) is 0 Å². The van der Waals surface area contributed by atoms with E-state index in [9.17, 15) is 19.5 Å². The van der Waals surface area contributed by atoms with Gasteiger partial charge in [0.25, 0.3) is 0 Å². The SMILES string of the molecule is CCCCN1CC=C[C@]23O[C@]4(C)C=CCN(c5ccccc5)C(=O)[C@@H]4[C@H]2C(=O)N(CCCCO)C3C1=O. The molecule has 1 aromatic carbocycles. The highest BCUT2D eigenvalue weighted by molar-refractivity contribution is 6.04. The number of hydrogen-bond donors (Lipinski definition) is 1. The number of aliphatic hydroxyl groups excluding tert-OH is 1. The van der Waals surface area contributed by atoms with Crippen molar-refractivity contribution in [3.8, 4) is 0 Å². The molecule has 4 heterocycles. The van der Waals surface area contributed by atoms with Crippen LogP contribution in [0.25, 0.3) is 0 Å². The van der Waals surface area contributed by atoms with Gasteiger partial charge in [0, 0.05) is 38.5 Å². The maximum atomic E-state index is 14.2. The van der Waals surface area contributed by atoms with E-state index in [0.29, 0.717) is 39.0 Å². The van der Waals surface area contributed by atoms with Gasteiger partial charge in [0.1, 0.15) is 11.6 Å². The fourth-order valence-electron chi connectivity index (χ4n) is 6.59. The van der Waals surface area contributed by atoms with Crippen molar-refractivity contribution in [2.45, 2.75) is 56.8 Å². The maximum Gasteiger partial charge on any atom is 0.249 e. The number of fused-ring (bicyclic) bond motifs is 2. The lowest BCUT2D eigenvalue weighted by Crippen LogP contribution is -2.56. The third-order valence-corrected chi connectivity index (χ3v) is 8.30.